The molecule has 0 amide bonds. The number of ether oxygens (including phenoxy) is 10. The van der Waals surface area contributed by atoms with Crippen molar-refractivity contribution in [3.63, 3.8) is 0 Å². The molecule has 8 aromatic carbocycles. The number of rotatable bonds is 39. The van der Waals surface area contributed by atoms with Gasteiger partial charge in [-0.15, -0.1) is 47.0 Å². The molecule has 4 fully saturated rings. The SMILES string of the molecule is CS[C@H]1O[C@@H](c2ccc(C)c(Cc3ccc(CCCCCC(C)(C)CO)cc3)c2)[C@H](O)[C@@H](O)[C@@H]1O.CS[C@H]1O[C@@H](c2ccc(C)c(Cc3ccc(CCCCO)cc3)c2)[C@H](C)[C@@H](OC(C)=O)[C@@H]1OC(C)=O.CS[C@H]1O[C@@H](c2ccc(C)c(Cc3ccc(CCCCOS(C)(=O)=O)cc3)c2)[C@H](C)[C@@H](OC(C)=O)[C@@H]1OC(C)=O.CS[C@H]1O[C@@H](c2ccc(C)c(Cc3ccc(Cl)cc3)c2)[C@H](C)[C@@H](OC(C)=O)[C@@H]1OC(C)=O. The highest BCUT2D eigenvalue weighted by Gasteiger charge is 2.52. The summed E-state index contributed by atoms with van der Waals surface area (Å²) in [6.45, 7) is 27.3. The smallest absolute Gasteiger partial charge is 0.303 e. The first kappa shape index (κ1) is 118. The normalized spacial score (nSPS) is 24.2. The molecule has 24 nitrogen and oxygen atoms in total. The van der Waals surface area contributed by atoms with Crippen LogP contribution in [0.5, 0.6) is 0 Å². The third kappa shape index (κ3) is 36.1. The van der Waals surface area contributed by atoms with E-state index in [4.69, 9.17) is 68.3 Å². The fourth-order valence-corrected chi connectivity index (χ4v) is 21.8. The number of thioether (sulfide) groups is 4. The number of benzene rings is 8. The summed E-state index contributed by atoms with van der Waals surface area (Å²) in [5, 5.41) is 50.1. The molecule has 8 aromatic rings. The molecule has 12 rings (SSSR count). The van der Waals surface area contributed by atoms with Crippen molar-refractivity contribution in [1.82, 2.24) is 0 Å². The Bertz CT molecular complexity index is 5510. The van der Waals surface area contributed by atoms with Crippen LogP contribution in [-0.4, -0.2) is 198 Å². The molecule has 0 bridgehead atoms. The molecule has 4 aliphatic rings. The average Bonchev–Trinajstić information content (AvgIpc) is 0.778. The lowest BCUT2D eigenvalue weighted by atomic mass is 9.85. The maximum Gasteiger partial charge on any atom is 0.303 e. The van der Waals surface area contributed by atoms with Gasteiger partial charge in [0.2, 0.25) is 0 Å². The van der Waals surface area contributed by atoms with Crippen LogP contribution in [0.1, 0.15) is 258 Å². The van der Waals surface area contributed by atoms with Crippen LogP contribution in [0.25, 0.3) is 0 Å². The van der Waals surface area contributed by atoms with Crippen molar-refractivity contribution < 1.29 is 114 Å². The summed E-state index contributed by atoms with van der Waals surface area (Å²) in [5.74, 6) is -3.21. The molecule has 5 N–H and O–H groups in total. The first-order chi connectivity index (χ1) is 67.9. The fourth-order valence-electron chi connectivity index (χ4n) is 18.5. The molecule has 4 heterocycles. The average molecular weight is 2090 g/mol. The van der Waals surface area contributed by atoms with Crippen LogP contribution < -0.4 is 0 Å². The Labute approximate surface area is 868 Å². The van der Waals surface area contributed by atoms with Crippen molar-refractivity contribution in [2.45, 2.75) is 301 Å². The molecule has 0 aliphatic carbocycles. The zero-order chi connectivity index (χ0) is 105. The zero-order valence-corrected chi connectivity index (χ0v) is 91.2. The van der Waals surface area contributed by atoms with E-state index in [1.54, 1.807) is 0 Å². The van der Waals surface area contributed by atoms with Gasteiger partial charge in [-0.3, -0.25) is 33.0 Å². The topological polar surface area (TPSA) is 339 Å². The molecule has 4 saturated heterocycles. The van der Waals surface area contributed by atoms with Crippen molar-refractivity contribution >= 4 is 105 Å². The molecule has 143 heavy (non-hydrogen) atoms. The first-order valence-corrected chi connectivity index (χ1v) is 56.5. The number of hydrogen-bond donors (Lipinski definition) is 5. The Hall–Kier alpha value is -8.18. The molecule has 782 valence electrons. The number of hydrogen-bond acceptors (Lipinski definition) is 28. The van der Waals surface area contributed by atoms with Gasteiger partial charge in [0.1, 0.15) is 64.5 Å². The molecule has 0 spiro atoms. The zero-order valence-electron chi connectivity index (χ0n) is 86.4. The fraction of sp³-hybridized carbons (Fsp3) is 0.522. The van der Waals surface area contributed by atoms with Gasteiger partial charge in [0.15, 0.2) is 18.3 Å². The van der Waals surface area contributed by atoms with Crippen LogP contribution in [0.4, 0.5) is 0 Å². The molecule has 20 atom stereocenters. The Morgan fingerprint density at radius 3 is 0.916 bits per heavy atom. The predicted octanol–water partition coefficient (Wildman–Crippen LogP) is 20.4. The van der Waals surface area contributed by atoms with Gasteiger partial charge in [-0.25, -0.2) is 0 Å². The lowest BCUT2D eigenvalue weighted by molar-refractivity contribution is -0.208. The molecule has 0 saturated carbocycles. The van der Waals surface area contributed by atoms with E-state index in [-0.39, 0.29) is 61.3 Å². The number of aliphatic hydroxyl groups is 5. The van der Waals surface area contributed by atoms with Crippen LogP contribution >= 0.6 is 58.6 Å². The van der Waals surface area contributed by atoms with Crippen molar-refractivity contribution in [2.75, 3.05) is 51.1 Å². The third-order valence-electron chi connectivity index (χ3n) is 26.6. The number of aryl methyl sites for hydroxylation is 7. The Balaban J connectivity index is 0.000000213. The summed E-state index contributed by atoms with van der Waals surface area (Å²) in [6, 6.07) is 58.7. The molecule has 30 heteroatoms. The van der Waals surface area contributed by atoms with Gasteiger partial charge in [0, 0.05) is 77.5 Å². The van der Waals surface area contributed by atoms with Gasteiger partial charge >= 0.3 is 35.8 Å². The minimum atomic E-state index is -3.39. The van der Waals surface area contributed by atoms with Crippen LogP contribution in [0.15, 0.2) is 170 Å². The van der Waals surface area contributed by atoms with E-state index in [9.17, 15) is 57.6 Å². The number of esters is 6. The van der Waals surface area contributed by atoms with Gasteiger partial charge in [-0.05, 0) is 259 Å². The molecule has 4 aliphatic heterocycles. The molecule has 0 radical (unpaired) electrons. The third-order valence-corrected chi connectivity index (χ3v) is 30.8. The second-order valence-electron chi connectivity index (χ2n) is 38.7. The van der Waals surface area contributed by atoms with Crippen molar-refractivity contribution in [2.24, 2.45) is 23.2 Å². The maximum atomic E-state index is 11.9. The van der Waals surface area contributed by atoms with E-state index in [1.807, 2.05) is 94.3 Å². The monoisotopic (exact) mass is 2080 g/mol. The number of carbonyl (C=O) groups is 6. The Kier molecular flexibility index (Phi) is 47.5. The van der Waals surface area contributed by atoms with Crippen LogP contribution in [-0.2, 0) is 135 Å². The largest absolute Gasteiger partial charge is 0.458 e. The minimum absolute atomic E-state index is 0.0238. The summed E-state index contributed by atoms with van der Waals surface area (Å²) in [6.07, 6.45) is 13.3. The molecular weight excluding hydrogens is 1940 g/mol. The highest BCUT2D eigenvalue weighted by atomic mass is 35.5. The van der Waals surface area contributed by atoms with Crippen LogP contribution in [0.3, 0.4) is 0 Å². The highest BCUT2D eigenvalue weighted by Crippen LogP contribution is 2.47. The number of carbonyl (C=O) groups excluding carboxylic acids is 6. The summed E-state index contributed by atoms with van der Waals surface area (Å²) in [4.78, 5) is 70.9. The minimum Gasteiger partial charge on any atom is -0.458 e. The van der Waals surface area contributed by atoms with Crippen molar-refractivity contribution in [3.05, 3.63) is 281 Å². The molecule has 0 aromatic heterocycles. The number of aliphatic hydroxyl groups excluding tert-OH is 5. The molecule has 0 unspecified atom stereocenters. The van der Waals surface area contributed by atoms with E-state index in [0.717, 1.165) is 129 Å². The second-order valence-corrected chi connectivity index (χ2v) is 44.5. The van der Waals surface area contributed by atoms with Gasteiger partial charge in [-0.2, -0.15) is 8.42 Å². The number of unbranched alkanes of at least 4 members (excludes halogenated alkanes) is 4. The quantitative estimate of drug-likeness (QED) is 0.0103. The standard InChI is InChI=1S/C30H40O8S2.C29H38O6S.C29H42O5S.C25H29ClO5S/c1-19-10-15-25(27-20(2)28(36-21(3)31)29(37-22(4)32)30(38-27)39-5)18-26(19)17-24-13-11-23(12-14-24)9-7-8-16-35-40(6,33)34;1-18-9-14-24(17-25(18)16-23-12-10-22(11-13-23)8-6-7-15-30)26-19(2)27(33-20(3)31)28(34-21(4)32)29(35-26)36-5;1-19-9-14-22(27-25(32)24(31)26(33)28(34-27)35-4)17-23(19)16-21-12-10-20(11-13-21)8-6-5-7-15-29(2,3)18-30;1-14-6-9-19(13-20(14)12-18-7-10-21(26)11-8-18)22-15(2)23(29-16(3)27)24(30-17(4)28)25(31-22)32-5/h10-15,18,20,27-30H,7-9,16-17H2,1-6H3;9-14,17,19,26-30H,6-8,15-16H2,1-5H3;9-14,17,24-28,30-33H,5-8,15-16,18H2,1-4H3;6-11,13,15,22-25H,12H2,1-5H3/t20-,27+,28+,29-,30+;19-,26+,27+,28-,29+;24-,25-,26+,27+,28-;15-,22+,23+,24-,25+/m0010/s1. The van der Waals surface area contributed by atoms with Gasteiger partial charge in [0.25, 0.3) is 10.1 Å². The van der Waals surface area contributed by atoms with Crippen molar-refractivity contribution in [3.8, 4) is 0 Å². The van der Waals surface area contributed by atoms with Crippen LogP contribution in [0.2, 0.25) is 5.02 Å². The predicted molar refractivity (Wildman–Crippen MR) is 567 cm³/mol. The van der Waals surface area contributed by atoms with E-state index in [1.165, 1.54) is 162 Å². The van der Waals surface area contributed by atoms with Crippen molar-refractivity contribution in [1.29, 1.82) is 0 Å². The van der Waals surface area contributed by atoms with Crippen LogP contribution in [0, 0.1) is 50.9 Å². The van der Waals surface area contributed by atoms with Gasteiger partial charge in [0.05, 0.1) is 31.2 Å². The maximum absolute atomic E-state index is 11.9. The summed E-state index contributed by atoms with van der Waals surface area (Å²) < 4.78 is 85.8. The summed E-state index contributed by atoms with van der Waals surface area (Å²) in [5.41, 5.74) is 19.9. The first-order valence-electron chi connectivity index (χ1n) is 49.2. The summed E-state index contributed by atoms with van der Waals surface area (Å²) >= 11 is 11.6. The Morgan fingerprint density at radius 1 is 0.357 bits per heavy atom. The lowest BCUT2D eigenvalue weighted by Crippen LogP contribution is -2.52. The highest BCUT2D eigenvalue weighted by molar-refractivity contribution is 7.99. The molecular formula is C113H149ClO24S5. The lowest BCUT2D eigenvalue weighted by Gasteiger charge is -2.44. The summed E-state index contributed by atoms with van der Waals surface area (Å²) in [7, 11) is -3.39. The van der Waals surface area contributed by atoms with Gasteiger partial charge < -0.3 is 72.9 Å². The van der Waals surface area contributed by atoms with Gasteiger partial charge in [-0.1, -0.05) is 217 Å². The van der Waals surface area contributed by atoms with E-state index in [2.05, 4.69) is 163 Å². The van der Waals surface area contributed by atoms with E-state index < -0.39 is 129 Å². The number of halogens is 1. The Morgan fingerprint density at radius 2 is 0.629 bits per heavy atom. The van der Waals surface area contributed by atoms with E-state index in [0.29, 0.717) is 11.4 Å². The second kappa shape index (κ2) is 57.4. The van der Waals surface area contributed by atoms with E-state index >= 15 is 0 Å².